The molecule has 1 aliphatic heterocycles. The molecule has 2 aromatic rings. The molecule has 0 aromatic heterocycles. The molecule has 3 rings (SSSR count). The normalized spacial score (nSPS) is 19.4. The Morgan fingerprint density at radius 1 is 1.15 bits per heavy atom. The van der Waals surface area contributed by atoms with Crippen molar-refractivity contribution in [1.29, 1.82) is 5.26 Å². The minimum Gasteiger partial charge on any atom is -0.338 e. The largest absolute Gasteiger partial charge is 0.338 e. The van der Waals surface area contributed by atoms with Gasteiger partial charge in [-0.2, -0.15) is 5.26 Å². The van der Waals surface area contributed by atoms with Crippen LogP contribution in [0.4, 0.5) is 4.39 Å². The van der Waals surface area contributed by atoms with Gasteiger partial charge < -0.3 is 4.90 Å². The van der Waals surface area contributed by atoms with Crippen molar-refractivity contribution in [2.24, 2.45) is 0 Å². The van der Waals surface area contributed by atoms with E-state index in [1.807, 2.05) is 6.07 Å². The maximum Gasteiger partial charge on any atom is 0.253 e. The summed E-state index contributed by atoms with van der Waals surface area (Å²) in [5.41, 5.74) is 0.849. The van der Waals surface area contributed by atoms with E-state index in [2.05, 4.69) is 0 Å². The van der Waals surface area contributed by atoms with E-state index in [0.717, 1.165) is 0 Å². The van der Waals surface area contributed by atoms with Gasteiger partial charge in [0.2, 0.25) is 0 Å². The quantitative estimate of drug-likeness (QED) is 0.812. The molecule has 1 heterocycles. The van der Waals surface area contributed by atoms with Crippen molar-refractivity contribution in [2.75, 3.05) is 18.8 Å². The first-order valence-electron chi connectivity index (χ1n) is 8.18. The van der Waals surface area contributed by atoms with Gasteiger partial charge in [-0.3, -0.25) is 4.79 Å². The highest BCUT2D eigenvalue weighted by Crippen LogP contribution is 2.31. The summed E-state index contributed by atoms with van der Waals surface area (Å²) in [5.74, 6) is -1.11. The molecule has 0 saturated carbocycles. The van der Waals surface area contributed by atoms with Crippen LogP contribution in [0, 0.1) is 17.1 Å². The molecule has 0 radical (unpaired) electrons. The second kappa shape index (κ2) is 7.26. The third-order valence-electron chi connectivity index (χ3n) is 4.52. The minimum absolute atomic E-state index is 0.0445. The average Bonchev–Trinajstić information content (AvgIpc) is 2.80. The van der Waals surface area contributed by atoms with Crippen LogP contribution in [0.5, 0.6) is 0 Å². The number of amides is 1. The molecule has 2 aromatic carbocycles. The number of hydrogen-bond donors (Lipinski definition) is 0. The van der Waals surface area contributed by atoms with Crippen molar-refractivity contribution in [3.63, 3.8) is 0 Å². The van der Waals surface area contributed by atoms with Gasteiger partial charge in [0, 0.05) is 24.2 Å². The molecular formula is C19H17FN2O3S. The predicted molar refractivity (Wildman–Crippen MR) is 94.6 cm³/mol. The molecule has 26 heavy (non-hydrogen) atoms. The fourth-order valence-electron chi connectivity index (χ4n) is 3.14. The number of carbonyl (C=O) groups is 1. The van der Waals surface area contributed by atoms with Crippen molar-refractivity contribution in [3.05, 3.63) is 71.0 Å². The Kier molecular flexibility index (Phi) is 5.05. The molecule has 0 spiro atoms. The molecule has 1 amide bonds. The van der Waals surface area contributed by atoms with Crippen molar-refractivity contribution in [3.8, 4) is 6.07 Å². The van der Waals surface area contributed by atoms with Crippen LogP contribution in [0.1, 0.15) is 33.2 Å². The first-order valence-corrected chi connectivity index (χ1v) is 9.89. The molecule has 7 heteroatoms. The van der Waals surface area contributed by atoms with Gasteiger partial charge in [-0.25, -0.2) is 12.8 Å². The lowest BCUT2D eigenvalue weighted by molar-refractivity contribution is 0.0766. The van der Waals surface area contributed by atoms with Gasteiger partial charge in [0.05, 0.1) is 22.6 Å². The van der Waals surface area contributed by atoms with Crippen LogP contribution < -0.4 is 0 Å². The zero-order valence-corrected chi connectivity index (χ0v) is 14.7. The number of halogens is 1. The lowest BCUT2D eigenvalue weighted by Crippen LogP contribution is -2.33. The van der Waals surface area contributed by atoms with E-state index in [4.69, 9.17) is 5.26 Å². The van der Waals surface area contributed by atoms with E-state index in [9.17, 15) is 17.6 Å². The molecule has 0 N–H and O–H groups in total. The van der Waals surface area contributed by atoms with Crippen LogP contribution in [-0.4, -0.2) is 38.1 Å². The third-order valence-corrected chi connectivity index (χ3v) is 6.63. The summed E-state index contributed by atoms with van der Waals surface area (Å²) in [5, 5.41) is 8.00. The lowest BCUT2D eigenvalue weighted by Gasteiger charge is -2.20. The van der Waals surface area contributed by atoms with Crippen molar-refractivity contribution in [1.82, 2.24) is 4.90 Å². The summed E-state index contributed by atoms with van der Waals surface area (Å²) in [4.78, 5) is 14.1. The van der Waals surface area contributed by atoms with Gasteiger partial charge >= 0.3 is 0 Å². The monoisotopic (exact) mass is 372 g/mol. The van der Waals surface area contributed by atoms with Gasteiger partial charge in [0.25, 0.3) is 5.91 Å². The molecule has 1 saturated heterocycles. The highest BCUT2D eigenvalue weighted by Gasteiger charge is 2.34. The van der Waals surface area contributed by atoms with E-state index in [1.54, 1.807) is 24.3 Å². The molecular weight excluding hydrogens is 355 g/mol. The number of sulfone groups is 1. The van der Waals surface area contributed by atoms with E-state index in [1.165, 1.54) is 29.2 Å². The van der Waals surface area contributed by atoms with E-state index >= 15 is 0 Å². The second-order valence-corrected chi connectivity index (χ2v) is 8.45. The number of hydrogen-bond acceptors (Lipinski definition) is 4. The van der Waals surface area contributed by atoms with Crippen molar-refractivity contribution in [2.45, 2.75) is 11.7 Å². The standard InChI is InChI=1S/C19H17FN2O3S/c20-17-7-2-1-6-16(17)18-8-9-22(10-11-26(18,24)25)19(23)15-5-3-4-14(12-15)13-21/h1-7,12,18H,8-11H2. The van der Waals surface area contributed by atoms with Crippen LogP contribution in [-0.2, 0) is 9.84 Å². The lowest BCUT2D eigenvalue weighted by atomic mass is 10.1. The average molecular weight is 372 g/mol. The van der Waals surface area contributed by atoms with Gasteiger partial charge in [0.15, 0.2) is 9.84 Å². The van der Waals surface area contributed by atoms with Crippen LogP contribution in [0.15, 0.2) is 48.5 Å². The Balaban J connectivity index is 1.86. The maximum absolute atomic E-state index is 14.1. The molecule has 1 fully saturated rings. The summed E-state index contributed by atoms with van der Waals surface area (Å²) in [6.07, 6.45) is 0.132. The molecule has 1 aliphatic rings. The van der Waals surface area contributed by atoms with Crippen LogP contribution >= 0.6 is 0 Å². The summed E-state index contributed by atoms with van der Waals surface area (Å²) in [7, 11) is -3.58. The number of carbonyl (C=O) groups excluding carboxylic acids is 1. The Bertz CT molecular complexity index is 982. The molecule has 134 valence electrons. The van der Waals surface area contributed by atoms with Gasteiger partial charge in [0.1, 0.15) is 5.82 Å². The smallest absolute Gasteiger partial charge is 0.253 e. The molecule has 1 unspecified atom stereocenters. The minimum atomic E-state index is -3.58. The third kappa shape index (κ3) is 3.60. The Morgan fingerprint density at radius 2 is 1.92 bits per heavy atom. The second-order valence-electron chi connectivity index (χ2n) is 6.15. The maximum atomic E-state index is 14.1. The fraction of sp³-hybridized carbons (Fsp3) is 0.263. The number of nitrogens with zero attached hydrogens (tertiary/aromatic N) is 2. The zero-order chi connectivity index (χ0) is 18.7. The summed E-state index contributed by atoms with van der Waals surface area (Å²) in [6.45, 7) is 0.247. The first-order chi connectivity index (χ1) is 12.4. The molecule has 0 aliphatic carbocycles. The van der Waals surface area contributed by atoms with Crippen molar-refractivity contribution >= 4 is 15.7 Å². The molecule has 5 nitrogen and oxygen atoms in total. The summed E-state index contributed by atoms with van der Waals surface area (Å²) < 4.78 is 39.3. The van der Waals surface area contributed by atoms with E-state index < -0.39 is 20.9 Å². The number of rotatable bonds is 2. The van der Waals surface area contributed by atoms with Crippen molar-refractivity contribution < 1.29 is 17.6 Å². The van der Waals surface area contributed by atoms with E-state index in [0.29, 0.717) is 11.1 Å². The molecule has 1 atom stereocenters. The summed E-state index contributed by atoms with van der Waals surface area (Å²) >= 11 is 0. The zero-order valence-electron chi connectivity index (χ0n) is 13.9. The van der Waals surface area contributed by atoms with E-state index in [-0.39, 0.29) is 36.7 Å². The van der Waals surface area contributed by atoms with Crippen LogP contribution in [0.25, 0.3) is 0 Å². The van der Waals surface area contributed by atoms with Gasteiger partial charge in [-0.15, -0.1) is 0 Å². The highest BCUT2D eigenvalue weighted by atomic mass is 32.2. The first kappa shape index (κ1) is 18.1. The fourth-order valence-corrected chi connectivity index (χ4v) is 4.94. The highest BCUT2D eigenvalue weighted by molar-refractivity contribution is 7.91. The SMILES string of the molecule is N#Cc1cccc(C(=O)N2CCC(c3ccccc3F)S(=O)(=O)CC2)c1. The Hall–Kier alpha value is -2.72. The molecule has 0 bridgehead atoms. The predicted octanol–water partition coefficient (Wildman–Crippen LogP) is 2.70. The number of nitriles is 1. The summed E-state index contributed by atoms with van der Waals surface area (Å²) in [6, 6.07) is 14.1. The Labute approximate surface area is 151 Å². The van der Waals surface area contributed by atoms with Crippen LogP contribution in [0.2, 0.25) is 0 Å². The Morgan fingerprint density at radius 3 is 2.65 bits per heavy atom. The number of benzene rings is 2. The topological polar surface area (TPSA) is 78.2 Å². The van der Waals surface area contributed by atoms with Gasteiger partial charge in [-0.05, 0) is 30.7 Å². The van der Waals surface area contributed by atoms with Gasteiger partial charge in [-0.1, -0.05) is 24.3 Å². The van der Waals surface area contributed by atoms with Crippen LogP contribution in [0.3, 0.4) is 0 Å².